The maximum Gasteiger partial charge on any atom is 0.0640 e. The molecule has 1 nitrogen and oxygen atoms in total. The summed E-state index contributed by atoms with van der Waals surface area (Å²) in [5.74, 6) is 0. The van der Waals surface area contributed by atoms with E-state index in [-0.39, 0.29) is 6.04 Å². The van der Waals surface area contributed by atoms with Gasteiger partial charge in [0, 0.05) is 11.1 Å². The Labute approximate surface area is 141 Å². The Morgan fingerprint density at radius 2 is 1.67 bits per heavy atom. The minimum Gasteiger partial charge on any atom is -0.310 e. The lowest BCUT2D eigenvalue weighted by molar-refractivity contribution is 0.529. The molecule has 0 heterocycles. The van der Waals surface area contributed by atoms with Crippen molar-refractivity contribution >= 4 is 34.8 Å². The van der Waals surface area contributed by atoms with Gasteiger partial charge in [0.1, 0.15) is 0 Å². The summed E-state index contributed by atoms with van der Waals surface area (Å²) in [5, 5.41) is 5.50. The van der Waals surface area contributed by atoms with Crippen LogP contribution in [0.25, 0.3) is 0 Å². The summed E-state index contributed by atoms with van der Waals surface area (Å²) < 4.78 is 0. The quantitative estimate of drug-likeness (QED) is 0.686. The third kappa shape index (κ3) is 4.37. The second-order valence-electron chi connectivity index (χ2n) is 4.95. The number of rotatable bonds is 6. The molecule has 2 aromatic rings. The van der Waals surface area contributed by atoms with Gasteiger partial charge in [0.05, 0.1) is 10.0 Å². The van der Waals surface area contributed by atoms with Crippen LogP contribution in [-0.4, -0.2) is 6.54 Å². The fourth-order valence-electron chi connectivity index (χ4n) is 2.28. The van der Waals surface area contributed by atoms with E-state index in [1.54, 1.807) is 6.07 Å². The molecule has 1 unspecified atom stereocenters. The molecule has 0 aromatic heterocycles. The van der Waals surface area contributed by atoms with Crippen LogP contribution in [0.4, 0.5) is 0 Å². The van der Waals surface area contributed by atoms with E-state index in [0.717, 1.165) is 35.5 Å². The fraction of sp³-hybridized carbons (Fsp3) is 0.294. The van der Waals surface area contributed by atoms with Crippen molar-refractivity contribution in [2.75, 3.05) is 6.54 Å². The molecule has 0 aliphatic carbocycles. The first-order chi connectivity index (χ1) is 10.1. The van der Waals surface area contributed by atoms with Crippen LogP contribution < -0.4 is 5.32 Å². The molecule has 21 heavy (non-hydrogen) atoms. The highest BCUT2D eigenvalue weighted by molar-refractivity contribution is 6.42. The summed E-state index contributed by atoms with van der Waals surface area (Å²) in [6.45, 7) is 3.05. The highest BCUT2D eigenvalue weighted by atomic mass is 35.5. The van der Waals surface area contributed by atoms with E-state index in [4.69, 9.17) is 34.8 Å². The standard InChI is InChI=1S/C17H18Cl3N/c1-2-10-21-16(11-12-6-3-4-8-14(12)18)13-7-5-9-15(19)17(13)20/h3-9,16,21H,2,10-11H2,1H3. The van der Waals surface area contributed by atoms with Gasteiger partial charge in [0.15, 0.2) is 0 Å². The van der Waals surface area contributed by atoms with Crippen molar-refractivity contribution in [3.05, 3.63) is 68.7 Å². The Morgan fingerprint density at radius 1 is 0.952 bits per heavy atom. The lowest BCUT2D eigenvalue weighted by atomic mass is 9.98. The average Bonchev–Trinajstić information content (AvgIpc) is 2.48. The summed E-state index contributed by atoms with van der Waals surface area (Å²) in [7, 11) is 0. The molecule has 0 aliphatic rings. The van der Waals surface area contributed by atoms with Crippen LogP contribution in [0.15, 0.2) is 42.5 Å². The second kappa shape index (κ2) is 8.05. The Hall–Kier alpha value is -0.730. The molecule has 112 valence electrons. The molecule has 2 aromatic carbocycles. The molecule has 2 rings (SSSR count). The van der Waals surface area contributed by atoms with E-state index in [2.05, 4.69) is 12.2 Å². The molecule has 1 N–H and O–H groups in total. The zero-order valence-corrected chi connectivity index (χ0v) is 14.1. The Morgan fingerprint density at radius 3 is 2.38 bits per heavy atom. The molecular formula is C17H18Cl3N. The van der Waals surface area contributed by atoms with Crippen molar-refractivity contribution in [2.45, 2.75) is 25.8 Å². The van der Waals surface area contributed by atoms with Gasteiger partial charge < -0.3 is 5.32 Å². The first-order valence-electron chi connectivity index (χ1n) is 7.04. The van der Waals surface area contributed by atoms with E-state index in [0.29, 0.717) is 10.0 Å². The van der Waals surface area contributed by atoms with Gasteiger partial charge in [-0.3, -0.25) is 0 Å². The maximum atomic E-state index is 6.37. The summed E-state index contributed by atoms with van der Waals surface area (Å²) in [6.07, 6.45) is 1.83. The van der Waals surface area contributed by atoms with Gasteiger partial charge in [-0.05, 0) is 42.6 Å². The smallest absolute Gasteiger partial charge is 0.0640 e. The monoisotopic (exact) mass is 341 g/mol. The van der Waals surface area contributed by atoms with Crippen molar-refractivity contribution < 1.29 is 0 Å². The normalized spacial score (nSPS) is 12.4. The van der Waals surface area contributed by atoms with Crippen LogP contribution in [0.2, 0.25) is 15.1 Å². The molecule has 0 amide bonds. The maximum absolute atomic E-state index is 6.37. The number of hydrogen-bond donors (Lipinski definition) is 1. The molecule has 0 fully saturated rings. The van der Waals surface area contributed by atoms with Crippen molar-refractivity contribution in [3.63, 3.8) is 0 Å². The molecule has 0 aliphatic heterocycles. The zero-order valence-electron chi connectivity index (χ0n) is 11.9. The Balaban J connectivity index is 2.30. The van der Waals surface area contributed by atoms with Crippen molar-refractivity contribution in [1.82, 2.24) is 5.32 Å². The average molecular weight is 343 g/mol. The lowest BCUT2D eigenvalue weighted by Gasteiger charge is -2.21. The number of halogens is 3. The molecule has 0 bridgehead atoms. The van der Waals surface area contributed by atoms with Crippen LogP contribution in [0.1, 0.15) is 30.5 Å². The van der Waals surface area contributed by atoms with Crippen LogP contribution in [-0.2, 0) is 6.42 Å². The summed E-state index contributed by atoms with van der Waals surface area (Å²) in [4.78, 5) is 0. The van der Waals surface area contributed by atoms with E-state index < -0.39 is 0 Å². The summed E-state index contributed by atoms with van der Waals surface area (Å²) >= 11 is 18.8. The second-order valence-corrected chi connectivity index (χ2v) is 6.14. The van der Waals surface area contributed by atoms with Gasteiger partial charge in [-0.15, -0.1) is 0 Å². The van der Waals surface area contributed by atoms with E-state index in [1.807, 2.05) is 36.4 Å². The van der Waals surface area contributed by atoms with E-state index in [1.165, 1.54) is 0 Å². The molecule has 0 spiro atoms. The van der Waals surface area contributed by atoms with E-state index in [9.17, 15) is 0 Å². The number of benzene rings is 2. The lowest BCUT2D eigenvalue weighted by Crippen LogP contribution is -2.24. The predicted octanol–water partition coefficient (Wildman–Crippen LogP) is 5.93. The Bertz CT molecular complexity index is 598. The van der Waals surface area contributed by atoms with E-state index >= 15 is 0 Å². The van der Waals surface area contributed by atoms with Gasteiger partial charge in [-0.1, -0.05) is 72.1 Å². The minimum absolute atomic E-state index is 0.0936. The van der Waals surface area contributed by atoms with Crippen molar-refractivity contribution in [1.29, 1.82) is 0 Å². The van der Waals surface area contributed by atoms with Crippen LogP contribution >= 0.6 is 34.8 Å². The molecule has 0 saturated carbocycles. The summed E-state index contributed by atoms with van der Waals surface area (Å²) in [6, 6.07) is 13.7. The molecule has 0 saturated heterocycles. The third-order valence-corrected chi connectivity index (χ3v) is 4.58. The number of nitrogens with one attached hydrogen (secondary N) is 1. The molecule has 1 atom stereocenters. The van der Waals surface area contributed by atoms with Crippen LogP contribution in [0.5, 0.6) is 0 Å². The van der Waals surface area contributed by atoms with Crippen molar-refractivity contribution in [3.8, 4) is 0 Å². The van der Waals surface area contributed by atoms with Gasteiger partial charge in [0.2, 0.25) is 0 Å². The zero-order chi connectivity index (χ0) is 15.2. The molecular weight excluding hydrogens is 325 g/mol. The Kier molecular flexibility index (Phi) is 6.38. The van der Waals surface area contributed by atoms with Gasteiger partial charge in [-0.25, -0.2) is 0 Å². The SMILES string of the molecule is CCCNC(Cc1ccccc1Cl)c1cccc(Cl)c1Cl. The van der Waals surface area contributed by atoms with Crippen LogP contribution in [0, 0.1) is 0 Å². The highest BCUT2D eigenvalue weighted by Crippen LogP contribution is 2.32. The van der Waals surface area contributed by atoms with Gasteiger partial charge in [0.25, 0.3) is 0 Å². The first-order valence-corrected chi connectivity index (χ1v) is 8.17. The highest BCUT2D eigenvalue weighted by Gasteiger charge is 2.17. The van der Waals surface area contributed by atoms with Crippen LogP contribution in [0.3, 0.4) is 0 Å². The van der Waals surface area contributed by atoms with Crippen molar-refractivity contribution in [2.24, 2.45) is 0 Å². The number of hydrogen-bond acceptors (Lipinski definition) is 1. The topological polar surface area (TPSA) is 12.0 Å². The molecule has 4 heteroatoms. The third-order valence-electron chi connectivity index (χ3n) is 3.38. The largest absolute Gasteiger partial charge is 0.310 e. The minimum atomic E-state index is 0.0936. The predicted molar refractivity (Wildman–Crippen MR) is 92.7 cm³/mol. The summed E-state index contributed by atoms with van der Waals surface area (Å²) in [5.41, 5.74) is 2.11. The van der Waals surface area contributed by atoms with Gasteiger partial charge >= 0.3 is 0 Å². The fourth-order valence-corrected chi connectivity index (χ4v) is 2.94. The molecule has 0 radical (unpaired) electrons. The van der Waals surface area contributed by atoms with Gasteiger partial charge in [-0.2, -0.15) is 0 Å². The first kappa shape index (κ1) is 16.6.